The fourth-order valence-electron chi connectivity index (χ4n) is 2.31. The highest BCUT2D eigenvalue weighted by Crippen LogP contribution is 2.32. The summed E-state index contributed by atoms with van der Waals surface area (Å²) in [6.45, 7) is 6.08. The number of rotatable bonds is 7. The lowest BCUT2D eigenvalue weighted by atomic mass is 10.1. The standard InChI is InChI=1S/C16H23NO4S/c1-4-21-16(18)9-10-17(14-6-7-14)22(19,20)15-8-5-12(2)13(3)11-15/h5,8,11,14H,4,6-7,9-10H2,1-3H3. The van der Waals surface area contributed by atoms with Crippen LogP contribution in [-0.4, -0.2) is 37.9 Å². The van der Waals surface area contributed by atoms with Crippen LogP contribution in [-0.2, 0) is 19.6 Å². The van der Waals surface area contributed by atoms with Gasteiger partial charge in [-0.15, -0.1) is 0 Å². The summed E-state index contributed by atoms with van der Waals surface area (Å²) < 4.78 is 32.0. The van der Waals surface area contributed by atoms with Crippen molar-refractivity contribution in [2.24, 2.45) is 0 Å². The molecule has 0 heterocycles. The van der Waals surface area contributed by atoms with Gasteiger partial charge in [-0.1, -0.05) is 6.07 Å². The molecular weight excluding hydrogens is 302 g/mol. The molecule has 0 bridgehead atoms. The van der Waals surface area contributed by atoms with Gasteiger partial charge in [0.05, 0.1) is 17.9 Å². The van der Waals surface area contributed by atoms with E-state index < -0.39 is 10.0 Å². The Morgan fingerprint density at radius 3 is 2.50 bits per heavy atom. The largest absolute Gasteiger partial charge is 0.466 e. The second-order valence-corrected chi connectivity index (χ2v) is 7.54. The van der Waals surface area contributed by atoms with Crippen LogP contribution in [0.4, 0.5) is 0 Å². The predicted molar refractivity (Wildman–Crippen MR) is 84.1 cm³/mol. The van der Waals surface area contributed by atoms with Crippen LogP contribution in [0.2, 0.25) is 0 Å². The van der Waals surface area contributed by atoms with Gasteiger partial charge in [-0.25, -0.2) is 8.42 Å². The molecule has 1 aromatic carbocycles. The number of hydrogen-bond acceptors (Lipinski definition) is 4. The third-order valence-electron chi connectivity index (χ3n) is 3.88. The molecule has 0 N–H and O–H groups in total. The number of nitrogens with zero attached hydrogens (tertiary/aromatic N) is 1. The van der Waals surface area contributed by atoms with Crippen LogP contribution in [0.15, 0.2) is 23.1 Å². The number of carbonyl (C=O) groups excluding carboxylic acids is 1. The van der Waals surface area contributed by atoms with E-state index in [1.54, 1.807) is 19.1 Å². The van der Waals surface area contributed by atoms with Crippen molar-refractivity contribution in [1.82, 2.24) is 4.31 Å². The number of carbonyl (C=O) groups is 1. The molecule has 0 saturated heterocycles. The summed E-state index contributed by atoms with van der Waals surface area (Å²) in [7, 11) is -3.56. The van der Waals surface area contributed by atoms with Crippen molar-refractivity contribution in [2.45, 2.75) is 51.0 Å². The number of benzene rings is 1. The van der Waals surface area contributed by atoms with E-state index in [4.69, 9.17) is 4.74 Å². The zero-order valence-electron chi connectivity index (χ0n) is 13.3. The summed E-state index contributed by atoms with van der Waals surface area (Å²) in [5, 5.41) is 0. The summed E-state index contributed by atoms with van der Waals surface area (Å²) >= 11 is 0. The van der Waals surface area contributed by atoms with Crippen molar-refractivity contribution in [2.75, 3.05) is 13.2 Å². The van der Waals surface area contributed by atoms with Gasteiger partial charge < -0.3 is 4.74 Å². The molecule has 0 unspecified atom stereocenters. The molecule has 1 saturated carbocycles. The molecule has 0 radical (unpaired) electrons. The minimum atomic E-state index is -3.56. The topological polar surface area (TPSA) is 63.7 Å². The maximum atomic E-state index is 12.8. The lowest BCUT2D eigenvalue weighted by molar-refractivity contribution is -0.143. The molecule has 1 aromatic rings. The Bertz CT molecular complexity index is 650. The average Bonchev–Trinajstić information content (AvgIpc) is 3.26. The van der Waals surface area contributed by atoms with Crippen LogP contribution in [0.3, 0.4) is 0 Å². The normalized spacial score (nSPS) is 15.1. The minimum absolute atomic E-state index is 0.0148. The number of esters is 1. The summed E-state index contributed by atoms with van der Waals surface area (Å²) in [4.78, 5) is 11.8. The van der Waals surface area contributed by atoms with Crippen LogP contribution in [0.25, 0.3) is 0 Å². The molecule has 122 valence electrons. The van der Waals surface area contributed by atoms with Crippen LogP contribution >= 0.6 is 0 Å². The highest BCUT2D eigenvalue weighted by atomic mass is 32.2. The van der Waals surface area contributed by atoms with Crippen molar-refractivity contribution in [3.63, 3.8) is 0 Å². The van der Waals surface area contributed by atoms with E-state index in [2.05, 4.69) is 0 Å². The summed E-state index contributed by atoms with van der Waals surface area (Å²) in [5.41, 5.74) is 2.01. The van der Waals surface area contributed by atoms with E-state index in [-0.39, 0.29) is 25.0 Å². The molecule has 1 aliphatic rings. The first-order valence-corrected chi connectivity index (χ1v) is 9.05. The first-order chi connectivity index (χ1) is 10.4. The van der Waals surface area contributed by atoms with Gasteiger partial charge in [0.25, 0.3) is 0 Å². The van der Waals surface area contributed by atoms with Crippen molar-refractivity contribution in [3.05, 3.63) is 29.3 Å². The average molecular weight is 325 g/mol. The Hall–Kier alpha value is -1.40. The zero-order valence-corrected chi connectivity index (χ0v) is 14.1. The van der Waals surface area contributed by atoms with Gasteiger partial charge in [0, 0.05) is 12.6 Å². The van der Waals surface area contributed by atoms with Gasteiger partial charge in [0.15, 0.2) is 0 Å². The third-order valence-corrected chi connectivity index (χ3v) is 5.83. The number of hydrogen-bond donors (Lipinski definition) is 0. The molecule has 0 spiro atoms. The number of sulfonamides is 1. The van der Waals surface area contributed by atoms with E-state index in [0.717, 1.165) is 24.0 Å². The Morgan fingerprint density at radius 2 is 1.95 bits per heavy atom. The Morgan fingerprint density at radius 1 is 1.27 bits per heavy atom. The van der Waals surface area contributed by atoms with Crippen LogP contribution in [0.5, 0.6) is 0 Å². The molecule has 0 aromatic heterocycles. The molecule has 5 nitrogen and oxygen atoms in total. The highest BCUT2D eigenvalue weighted by Gasteiger charge is 2.38. The van der Waals surface area contributed by atoms with Crippen molar-refractivity contribution >= 4 is 16.0 Å². The Labute approximate surface area is 132 Å². The fourth-order valence-corrected chi connectivity index (χ4v) is 4.08. The van der Waals surface area contributed by atoms with E-state index in [1.807, 2.05) is 19.9 Å². The van der Waals surface area contributed by atoms with Crippen LogP contribution in [0, 0.1) is 13.8 Å². The molecule has 1 aliphatic carbocycles. The smallest absolute Gasteiger partial charge is 0.307 e. The summed E-state index contributed by atoms with van der Waals surface area (Å²) in [5.74, 6) is -0.358. The van der Waals surface area contributed by atoms with Gasteiger partial charge in [0.2, 0.25) is 10.0 Å². The predicted octanol–water partition coefficient (Wildman–Crippen LogP) is 2.41. The maximum absolute atomic E-state index is 12.8. The molecule has 0 aliphatic heterocycles. The van der Waals surface area contributed by atoms with Gasteiger partial charge in [0.1, 0.15) is 0 Å². The second kappa shape index (κ2) is 6.79. The summed E-state index contributed by atoms with van der Waals surface area (Å²) in [6.07, 6.45) is 1.80. The first kappa shape index (κ1) is 17.0. The van der Waals surface area contributed by atoms with Gasteiger partial charge in [-0.3, -0.25) is 4.79 Å². The molecule has 22 heavy (non-hydrogen) atoms. The molecular formula is C16H23NO4S. The SMILES string of the molecule is CCOC(=O)CCN(C1CC1)S(=O)(=O)c1ccc(C)c(C)c1. The quantitative estimate of drug-likeness (QED) is 0.722. The molecule has 6 heteroatoms. The first-order valence-electron chi connectivity index (χ1n) is 7.61. The lowest BCUT2D eigenvalue weighted by Gasteiger charge is -2.22. The molecule has 0 atom stereocenters. The van der Waals surface area contributed by atoms with E-state index in [9.17, 15) is 13.2 Å². The van der Waals surface area contributed by atoms with Gasteiger partial charge >= 0.3 is 5.97 Å². The van der Waals surface area contributed by atoms with Crippen molar-refractivity contribution in [3.8, 4) is 0 Å². The van der Waals surface area contributed by atoms with E-state index in [1.165, 1.54) is 4.31 Å². The minimum Gasteiger partial charge on any atom is -0.466 e. The fraction of sp³-hybridized carbons (Fsp3) is 0.562. The van der Waals surface area contributed by atoms with Crippen LogP contribution in [0.1, 0.15) is 37.3 Å². The van der Waals surface area contributed by atoms with E-state index >= 15 is 0 Å². The summed E-state index contributed by atoms with van der Waals surface area (Å²) in [6, 6.07) is 5.17. The van der Waals surface area contributed by atoms with Crippen molar-refractivity contribution < 1.29 is 17.9 Å². The van der Waals surface area contributed by atoms with Gasteiger partial charge in [-0.05, 0) is 56.9 Å². The van der Waals surface area contributed by atoms with Crippen molar-refractivity contribution in [1.29, 1.82) is 0 Å². The monoisotopic (exact) mass is 325 g/mol. The van der Waals surface area contributed by atoms with Gasteiger partial charge in [-0.2, -0.15) is 4.31 Å². The third kappa shape index (κ3) is 3.87. The second-order valence-electron chi connectivity index (χ2n) is 5.65. The molecule has 1 fully saturated rings. The zero-order chi connectivity index (χ0) is 16.3. The lowest BCUT2D eigenvalue weighted by Crippen LogP contribution is -2.35. The van der Waals surface area contributed by atoms with Crippen LogP contribution < -0.4 is 0 Å². The molecule has 2 rings (SSSR count). The highest BCUT2D eigenvalue weighted by molar-refractivity contribution is 7.89. The number of ether oxygens (including phenoxy) is 1. The molecule has 0 amide bonds. The Kier molecular flexibility index (Phi) is 5.24. The van der Waals surface area contributed by atoms with E-state index in [0.29, 0.717) is 11.5 Å². The Balaban J connectivity index is 2.19. The maximum Gasteiger partial charge on any atom is 0.307 e. The number of aryl methyl sites for hydroxylation is 2.